The topological polar surface area (TPSA) is 108 Å². The maximum Gasteiger partial charge on any atom is 0.255 e. The Bertz CT molecular complexity index is 732. The van der Waals surface area contributed by atoms with Crippen molar-refractivity contribution in [1.29, 1.82) is 0 Å². The molecule has 0 saturated heterocycles. The van der Waals surface area contributed by atoms with Crippen molar-refractivity contribution >= 4 is 34.1 Å². The van der Waals surface area contributed by atoms with Gasteiger partial charge in [0.15, 0.2) is 10.3 Å². The number of thiazole rings is 1. The first-order chi connectivity index (χ1) is 10.6. The molecule has 0 aromatic carbocycles. The molecule has 0 spiro atoms. The maximum absolute atomic E-state index is 11.9. The largest absolute Gasteiger partial charge is 0.493 e. The summed E-state index contributed by atoms with van der Waals surface area (Å²) in [5.74, 6) is -0.502. The van der Waals surface area contributed by atoms with Crippen molar-refractivity contribution < 1.29 is 9.90 Å². The fraction of sp³-hybridized carbons (Fsp3) is 0.385. The molecule has 0 fully saturated rings. The minimum atomic E-state index is -0.456. The lowest BCUT2D eigenvalue weighted by atomic mass is 10.0. The minimum absolute atomic E-state index is 0.0800. The van der Waals surface area contributed by atoms with E-state index in [2.05, 4.69) is 20.3 Å². The molecule has 1 amide bonds. The van der Waals surface area contributed by atoms with E-state index in [1.54, 1.807) is 0 Å². The SMILES string of the molecule is O=C(CSc1nc(O)cc(=O)[nH]1)Nc1nc2c(s1)CCCC2. The second kappa shape index (κ2) is 6.49. The van der Waals surface area contributed by atoms with E-state index >= 15 is 0 Å². The lowest BCUT2D eigenvalue weighted by molar-refractivity contribution is -0.113. The van der Waals surface area contributed by atoms with Crippen molar-refractivity contribution in [2.45, 2.75) is 30.8 Å². The summed E-state index contributed by atoms with van der Waals surface area (Å²) in [6.07, 6.45) is 4.34. The Morgan fingerprint density at radius 1 is 1.41 bits per heavy atom. The number of H-pyrrole nitrogens is 1. The molecule has 2 aromatic rings. The Kier molecular flexibility index (Phi) is 4.44. The van der Waals surface area contributed by atoms with E-state index in [9.17, 15) is 14.7 Å². The molecule has 0 aliphatic heterocycles. The number of fused-ring (bicyclic) bond motifs is 1. The van der Waals surface area contributed by atoms with Gasteiger partial charge in [-0.3, -0.25) is 9.59 Å². The Morgan fingerprint density at radius 3 is 3.00 bits per heavy atom. The van der Waals surface area contributed by atoms with Gasteiger partial charge in [-0.15, -0.1) is 11.3 Å². The van der Waals surface area contributed by atoms with Crippen LogP contribution in [-0.4, -0.2) is 31.7 Å². The molecule has 0 bridgehead atoms. The number of nitrogens with one attached hydrogen (secondary N) is 2. The first-order valence-electron chi connectivity index (χ1n) is 6.82. The van der Waals surface area contributed by atoms with E-state index in [-0.39, 0.29) is 22.7 Å². The third-order valence-corrected chi connectivity index (χ3v) is 5.08. The summed E-state index contributed by atoms with van der Waals surface area (Å²) in [5.41, 5.74) is 0.640. The summed E-state index contributed by atoms with van der Waals surface area (Å²) in [4.78, 5) is 35.0. The van der Waals surface area contributed by atoms with Gasteiger partial charge in [0.2, 0.25) is 11.8 Å². The first-order valence-corrected chi connectivity index (χ1v) is 8.62. The van der Waals surface area contributed by atoms with Crippen LogP contribution >= 0.6 is 23.1 Å². The first kappa shape index (κ1) is 15.0. The van der Waals surface area contributed by atoms with Crippen molar-refractivity contribution in [1.82, 2.24) is 15.0 Å². The van der Waals surface area contributed by atoms with Gasteiger partial charge >= 0.3 is 0 Å². The Morgan fingerprint density at radius 2 is 2.23 bits per heavy atom. The summed E-state index contributed by atoms with van der Waals surface area (Å²) in [6.45, 7) is 0. The highest BCUT2D eigenvalue weighted by Crippen LogP contribution is 2.29. The third kappa shape index (κ3) is 3.66. The molecule has 1 aliphatic rings. The average Bonchev–Trinajstić information content (AvgIpc) is 2.86. The lowest BCUT2D eigenvalue weighted by Crippen LogP contribution is -2.15. The maximum atomic E-state index is 11.9. The zero-order valence-electron chi connectivity index (χ0n) is 11.6. The van der Waals surface area contributed by atoms with Crippen LogP contribution in [0.4, 0.5) is 5.13 Å². The van der Waals surface area contributed by atoms with E-state index in [0.29, 0.717) is 5.13 Å². The highest BCUT2D eigenvalue weighted by Gasteiger charge is 2.16. The smallest absolute Gasteiger partial charge is 0.255 e. The second-order valence-electron chi connectivity index (χ2n) is 4.84. The Labute approximate surface area is 134 Å². The molecule has 0 radical (unpaired) electrons. The molecule has 7 nitrogen and oxygen atoms in total. The summed E-state index contributed by atoms with van der Waals surface area (Å²) in [5, 5.41) is 12.8. The van der Waals surface area contributed by atoms with Crippen LogP contribution in [0.15, 0.2) is 16.0 Å². The normalized spacial score (nSPS) is 13.6. The molecule has 3 rings (SSSR count). The molecule has 9 heteroatoms. The van der Waals surface area contributed by atoms with Gasteiger partial charge in [0.25, 0.3) is 5.56 Å². The number of amides is 1. The van der Waals surface area contributed by atoms with Gasteiger partial charge in [0, 0.05) is 4.88 Å². The van der Waals surface area contributed by atoms with E-state index in [1.165, 1.54) is 22.6 Å². The van der Waals surface area contributed by atoms with Crippen LogP contribution in [0.5, 0.6) is 5.88 Å². The molecule has 0 unspecified atom stereocenters. The summed E-state index contributed by atoms with van der Waals surface area (Å²) in [7, 11) is 0. The number of carbonyl (C=O) groups is 1. The zero-order chi connectivity index (χ0) is 15.5. The molecule has 116 valence electrons. The van der Waals surface area contributed by atoms with Gasteiger partial charge in [-0.1, -0.05) is 11.8 Å². The summed E-state index contributed by atoms with van der Waals surface area (Å²) < 4.78 is 0. The molecule has 2 aromatic heterocycles. The standard InChI is InChI=1S/C13H14N4O3S2/c18-9-5-10(19)16-12(15-9)21-6-11(20)17-13-14-7-3-1-2-4-8(7)22-13/h5H,1-4,6H2,(H,14,17,20)(H2,15,16,18,19). The second-order valence-corrected chi connectivity index (χ2v) is 6.89. The summed E-state index contributed by atoms with van der Waals surface area (Å²) >= 11 is 2.57. The van der Waals surface area contributed by atoms with Crippen molar-refractivity contribution in [3.05, 3.63) is 27.0 Å². The monoisotopic (exact) mass is 338 g/mol. The van der Waals surface area contributed by atoms with E-state index in [4.69, 9.17) is 0 Å². The van der Waals surface area contributed by atoms with Gasteiger partial charge in [-0.25, -0.2) is 4.98 Å². The molecular formula is C13H14N4O3S2. The number of rotatable bonds is 4. The average molecular weight is 338 g/mol. The fourth-order valence-electron chi connectivity index (χ4n) is 2.19. The lowest BCUT2D eigenvalue weighted by Gasteiger charge is -2.06. The van der Waals surface area contributed by atoms with E-state index in [1.807, 2.05) is 0 Å². The van der Waals surface area contributed by atoms with Crippen LogP contribution in [0.25, 0.3) is 0 Å². The van der Waals surface area contributed by atoms with Crippen LogP contribution < -0.4 is 10.9 Å². The summed E-state index contributed by atoms with van der Waals surface area (Å²) in [6, 6.07) is 0.976. The molecule has 22 heavy (non-hydrogen) atoms. The van der Waals surface area contributed by atoms with Gasteiger partial charge in [-0.05, 0) is 25.7 Å². The number of aromatic amines is 1. The number of aromatic nitrogens is 3. The molecule has 3 N–H and O–H groups in total. The van der Waals surface area contributed by atoms with E-state index in [0.717, 1.165) is 42.8 Å². The number of carbonyl (C=O) groups excluding carboxylic acids is 1. The Balaban J connectivity index is 1.58. The van der Waals surface area contributed by atoms with Gasteiger partial charge in [0.05, 0.1) is 17.5 Å². The van der Waals surface area contributed by atoms with Gasteiger partial charge in [-0.2, -0.15) is 4.98 Å². The fourth-order valence-corrected chi connectivity index (χ4v) is 3.92. The number of hydrogen-bond donors (Lipinski definition) is 3. The molecule has 0 saturated carbocycles. The van der Waals surface area contributed by atoms with Crippen molar-refractivity contribution in [3.63, 3.8) is 0 Å². The number of nitrogens with zero attached hydrogens (tertiary/aromatic N) is 2. The molecule has 0 atom stereocenters. The highest BCUT2D eigenvalue weighted by atomic mass is 32.2. The minimum Gasteiger partial charge on any atom is -0.493 e. The van der Waals surface area contributed by atoms with Crippen molar-refractivity contribution in [2.24, 2.45) is 0 Å². The quantitative estimate of drug-likeness (QED) is 0.576. The number of anilines is 1. The van der Waals surface area contributed by atoms with E-state index < -0.39 is 5.56 Å². The molecule has 1 aliphatic carbocycles. The number of thioether (sulfide) groups is 1. The Hall–Kier alpha value is -1.87. The third-order valence-electron chi connectivity index (χ3n) is 3.14. The number of aryl methyl sites for hydroxylation is 2. The molecular weight excluding hydrogens is 324 g/mol. The zero-order valence-corrected chi connectivity index (χ0v) is 13.2. The number of aromatic hydroxyl groups is 1. The van der Waals surface area contributed by atoms with Crippen LogP contribution in [0, 0.1) is 0 Å². The predicted molar refractivity (Wildman–Crippen MR) is 84.6 cm³/mol. The molecule has 2 heterocycles. The van der Waals surface area contributed by atoms with Crippen LogP contribution in [0.3, 0.4) is 0 Å². The van der Waals surface area contributed by atoms with Gasteiger partial charge in [0.1, 0.15) is 0 Å². The van der Waals surface area contributed by atoms with Crippen molar-refractivity contribution in [2.75, 3.05) is 11.1 Å². The highest BCUT2D eigenvalue weighted by molar-refractivity contribution is 7.99. The number of hydrogen-bond acceptors (Lipinski definition) is 7. The van der Waals surface area contributed by atoms with Crippen LogP contribution in [0.2, 0.25) is 0 Å². The van der Waals surface area contributed by atoms with Crippen LogP contribution in [-0.2, 0) is 17.6 Å². The predicted octanol–water partition coefficient (Wildman–Crippen LogP) is 1.54. The van der Waals surface area contributed by atoms with Crippen molar-refractivity contribution in [3.8, 4) is 5.88 Å². The van der Waals surface area contributed by atoms with Gasteiger partial charge < -0.3 is 15.4 Å². The van der Waals surface area contributed by atoms with Crippen LogP contribution in [0.1, 0.15) is 23.4 Å².